The Labute approximate surface area is 239 Å². The van der Waals surface area contributed by atoms with E-state index in [4.69, 9.17) is 4.74 Å². The minimum Gasteiger partial charge on any atom is -0.497 e. The summed E-state index contributed by atoms with van der Waals surface area (Å²) < 4.78 is 48.3. The zero-order valence-corrected chi connectivity index (χ0v) is 23.7. The molecule has 1 aliphatic heterocycles. The Balaban J connectivity index is 1.39. The van der Waals surface area contributed by atoms with E-state index in [0.29, 0.717) is 41.7 Å². The van der Waals surface area contributed by atoms with Crippen molar-refractivity contribution in [3.8, 4) is 5.75 Å². The number of nitrogens with one attached hydrogen (secondary N) is 2. The molecule has 3 aromatic carbocycles. The van der Waals surface area contributed by atoms with Crippen LogP contribution in [0.15, 0.2) is 71.6 Å². The monoisotopic (exact) mass is 579 g/mol. The molecule has 9 nitrogen and oxygen atoms in total. The topological polar surface area (TPSA) is 117 Å². The van der Waals surface area contributed by atoms with Gasteiger partial charge in [0.2, 0.25) is 0 Å². The first-order valence-electron chi connectivity index (χ1n) is 13.6. The minimum atomic E-state index is -4.00. The first-order chi connectivity index (χ1) is 19.8. The molecular formula is C30H34FN5O4S. The Morgan fingerprint density at radius 3 is 2.32 bits per heavy atom. The lowest BCUT2D eigenvalue weighted by Crippen LogP contribution is -2.35. The second kappa shape index (κ2) is 12.8. The highest BCUT2D eigenvalue weighted by Crippen LogP contribution is 2.31. The van der Waals surface area contributed by atoms with Crippen molar-refractivity contribution < 1.29 is 22.7 Å². The van der Waals surface area contributed by atoms with Crippen LogP contribution in [0.5, 0.6) is 5.75 Å². The molecule has 216 valence electrons. The molecule has 1 aliphatic rings. The molecule has 0 radical (unpaired) electrons. The molecule has 0 saturated carbocycles. The third-order valence-electron chi connectivity index (χ3n) is 7.22. The van der Waals surface area contributed by atoms with Crippen molar-refractivity contribution in [3.05, 3.63) is 77.9 Å². The van der Waals surface area contributed by atoms with E-state index in [-0.39, 0.29) is 23.1 Å². The van der Waals surface area contributed by atoms with Crippen molar-refractivity contribution in [3.63, 3.8) is 0 Å². The summed E-state index contributed by atoms with van der Waals surface area (Å²) in [6.45, 7) is 2.24. The van der Waals surface area contributed by atoms with Crippen LogP contribution in [0.1, 0.15) is 24.0 Å². The molecule has 1 aromatic heterocycles. The van der Waals surface area contributed by atoms with E-state index < -0.39 is 16.2 Å². The molecular weight excluding hydrogens is 545 g/mol. The van der Waals surface area contributed by atoms with Gasteiger partial charge in [0.15, 0.2) is 11.6 Å². The van der Waals surface area contributed by atoms with Gasteiger partial charge in [0, 0.05) is 38.0 Å². The molecule has 0 atom stereocenters. The average Bonchev–Trinajstić information content (AvgIpc) is 2.98. The van der Waals surface area contributed by atoms with Crippen molar-refractivity contribution >= 4 is 38.4 Å². The number of aromatic nitrogens is 2. The molecule has 3 N–H and O–H groups in total. The average molecular weight is 580 g/mol. The molecule has 0 bridgehead atoms. The summed E-state index contributed by atoms with van der Waals surface area (Å²) in [7, 11) is -2.44. The first-order valence-corrected chi connectivity index (χ1v) is 15.1. The third-order valence-corrected chi connectivity index (χ3v) is 8.58. The SMILES string of the molecule is COc1ccc(CCO)c(Nc2nc3ccccc3nc2NS(=O)(=O)c2ccc(CCN3CCC(F)CC3)cc2)c1. The van der Waals surface area contributed by atoms with E-state index >= 15 is 0 Å². The van der Waals surface area contributed by atoms with Gasteiger partial charge in [-0.25, -0.2) is 22.8 Å². The van der Waals surface area contributed by atoms with Gasteiger partial charge in [-0.2, -0.15) is 0 Å². The smallest absolute Gasteiger partial charge is 0.263 e. The van der Waals surface area contributed by atoms with Crippen molar-refractivity contribution in [1.29, 1.82) is 0 Å². The number of halogens is 1. The maximum Gasteiger partial charge on any atom is 0.263 e. The highest BCUT2D eigenvalue weighted by Gasteiger charge is 2.21. The summed E-state index contributed by atoms with van der Waals surface area (Å²) in [6.07, 6.45) is 1.57. The normalized spacial score (nSPS) is 14.7. The van der Waals surface area contributed by atoms with Crippen LogP contribution in [0.4, 0.5) is 21.7 Å². The highest BCUT2D eigenvalue weighted by molar-refractivity contribution is 7.92. The zero-order chi connectivity index (χ0) is 28.8. The quantitative estimate of drug-likeness (QED) is 0.234. The predicted octanol–water partition coefficient (Wildman–Crippen LogP) is 4.69. The summed E-state index contributed by atoms with van der Waals surface area (Å²) >= 11 is 0. The second-order valence-corrected chi connectivity index (χ2v) is 11.7. The first kappa shape index (κ1) is 28.7. The van der Waals surface area contributed by atoms with Crippen LogP contribution in [0.3, 0.4) is 0 Å². The number of hydrogen-bond acceptors (Lipinski definition) is 8. The van der Waals surface area contributed by atoms with Crippen LogP contribution in [-0.4, -0.2) is 67.9 Å². The Morgan fingerprint density at radius 1 is 0.976 bits per heavy atom. The van der Waals surface area contributed by atoms with Gasteiger partial charge in [0.05, 0.1) is 23.0 Å². The van der Waals surface area contributed by atoms with Gasteiger partial charge in [0.1, 0.15) is 11.9 Å². The van der Waals surface area contributed by atoms with Gasteiger partial charge in [0.25, 0.3) is 10.0 Å². The number of anilines is 3. The fourth-order valence-corrected chi connectivity index (χ4v) is 5.87. The van der Waals surface area contributed by atoms with E-state index in [0.717, 1.165) is 37.2 Å². The van der Waals surface area contributed by atoms with Crippen molar-refractivity contribution in [2.24, 2.45) is 0 Å². The van der Waals surface area contributed by atoms with Gasteiger partial charge in [-0.3, -0.25) is 4.72 Å². The molecule has 41 heavy (non-hydrogen) atoms. The standard InChI is InChI=1S/C30H34FN5O4S/c1-40-24-9-8-22(15-19-37)28(20-24)34-29-30(33-27-5-3-2-4-26(27)32-29)35-41(38,39)25-10-6-21(7-11-25)12-16-36-17-13-23(31)14-18-36/h2-11,20,23,37H,12-19H2,1H3,(H,32,34)(H,33,35). The van der Waals surface area contributed by atoms with Crippen LogP contribution >= 0.6 is 0 Å². The molecule has 0 spiro atoms. The zero-order valence-electron chi connectivity index (χ0n) is 22.9. The molecule has 0 aliphatic carbocycles. The van der Waals surface area contributed by atoms with Crippen molar-refractivity contribution in [2.45, 2.75) is 36.8 Å². The number of hydrogen-bond donors (Lipinski definition) is 3. The number of piperidine rings is 1. The summed E-state index contributed by atoms with van der Waals surface area (Å²) in [4.78, 5) is 11.6. The second-order valence-electron chi connectivity index (χ2n) is 10.0. The van der Waals surface area contributed by atoms with E-state index in [1.54, 1.807) is 55.6 Å². The molecule has 2 heterocycles. The van der Waals surface area contributed by atoms with Gasteiger partial charge in [-0.05, 0) is 67.1 Å². The Hall–Kier alpha value is -3.80. The van der Waals surface area contributed by atoms with E-state index in [1.165, 1.54) is 0 Å². The summed E-state index contributed by atoms with van der Waals surface area (Å²) in [5.74, 6) is 0.854. The van der Waals surface area contributed by atoms with Crippen LogP contribution < -0.4 is 14.8 Å². The van der Waals surface area contributed by atoms with Crippen LogP contribution in [0.25, 0.3) is 11.0 Å². The lowest BCUT2D eigenvalue weighted by Gasteiger charge is -2.28. The van der Waals surface area contributed by atoms with Gasteiger partial charge in [-0.15, -0.1) is 0 Å². The molecule has 0 unspecified atom stereocenters. The number of likely N-dealkylation sites (tertiary alicyclic amines) is 1. The fourth-order valence-electron chi connectivity index (χ4n) is 4.86. The molecule has 0 amide bonds. The predicted molar refractivity (Wildman–Crippen MR) is 158 cm³/mol. The summed E-state index contributed by atoms with van der Waals surface area (Å²) in [6, 6.07) is 19.4. The molecule has 1 fully saturated rings. The van der Waals surface area contributed by atoms with Gasteiger partial charge < -0.3 is 20.1 Å². The van der Waals surface area contributed by atoms with Crippen molar-refractivity contribution in [1.82, 2.24) is 14.9 Å². The number of methoxy groups -OCH3 is 1. The van der Waals surface area contributed by atoms with Crippen LogP contribution in [0, 0.1) is 0 Å². The minimum absolute atomic E-state index is 0.0433. The number of fused-ring (bicyclic) bond motifs is 1. The number of sulfonamides is 1. The Morgan fingerprint density at radius 2 is 1.66 bits per heavy atom. The number of benzene rings is 3. The fraction of sp³-hybridized carbons (Fsp3) is 0.333. The Kier molecular flexibility index (Phi) is 8.96. The van der Waals surface area contributed by atoms with E-state index in [1.807, 2.05) is 18.2 Å². The number of rotatable bonds is 11. The van der Waals surface area contributed by atoms with Crippen molar-refractivity contribution in [2.75, 3.05) is 43.4 Å². The molecule has 11 heteroatoms. The van der Waals surface area contributed by atoms with Gasteiger partial charge >= 0.3 is 0 Å². The third kappa shape index (κ3) is 7.10. The number of aliphatic hydroxyl groups is 1. The number of ether oxygens (including phenoxy) is 1. The van der Waals surface area contributed by atoms with Gasteiger partial charge in [-0.1, -0.05) is 30.3 Å². The van der Waals surface area contributed by atoms with Crippen LogP contribution in [-0.2, 0) is 22.9 Å². The summed E-state index contributed by atoms with van der Waals surface area (Å²) in [5, 5.41) is 12.8. The molecule has 4 aromatic rings. The number of para-hydroxylation sites is 2. The number of nitrogens with zero attached hydrogens (tertiary/aromatic N) is 3. The highest BCUT2D eigenvalue weighted by atomic mass is 32.2. The number of aliphatic hydroxyl groups excluding tert-OH is 1. The van der Waals surface area contributed by atoms with E-state index in [9.17, 15) is 17.9 Å². The number of alkyl halides is 1. The molecule has 5 rings (SSSR count). The lowest BCUT2D eigenvalue weighted by molar-refractivity contribution is 0.152. The Bertz CT molecular complexity index is 1590. The summed E-state index contributed by atoms with van der Waals surface area (Å²) in [5.41, 5.74) is 3.55. The molecule has 1 saturated heterocycles. The maximum absolute atomic E-state index is 13.5. The maximum atomic E-state index is 13.5. The van der Waals surface area contributed by atoms with E-state index in [2.05, 4.69) is 24.9 Å². The lowest BCUT2D eigenvalue weighted by atomic mass is 10.1. The van der Waals surface area contributed by atoms with Crippen LogP contribution in [0.2, 0.25) is 0 Å². The largest absolute Gasteiger partial charge is 0.497 e.